The number of hydrogen-bond donors (Lipinski definition) is 2. The van der Waals surface area contributed by atoms with Crippen LogP contribution < -0.4 is 0 Å². The van der Waals surface area contributed by atoms with Crippen LogP contribution in [0.1, 0.15) is 85.1 Å². The zero-order valence-electron chi connectivity index (χ0n) is 25.9. The molecule has 0 bridgehead atoms. The van der Waals surface area contributed by atoms with E-state index in [1.165, 1.54) is 6.08 Å². The Balaban J connectivity index is 1.41. The second-order valence-electron chi connectivity index (χ2n) is 11.1. The summed E-state index contributed by atoms with van der Waals surface area (Å²) in [6.07, 6.45) is 16.6. The lowest BCUT2D eigenvalue weighted by Gasteiger charge is -2.33. The van der Waals surface area contributed by atoms with Crippen LogP contribution >= 0.6 is 0 Å². The van der Waals surface area contributed by atoms with Crippen LogP contribution in [0, 0.1) is 12.8 Å². The van der Waals surface area contributed by atoms with Crippen LogP contribution in [0.2, 0.25) is 0 Å². The third kappa shape index (κ3) is 9.19. The number of amides is 1. The Bertz CT molecular complexity index is 1370. The predicted molar refractivity (Wildman–Crippen MR) is 164 cm³/mol. The number of likely N-dealkylation sites (N-methyl/N-ethyl adjacent to an activating group) is 1. The molecular weight excluding hydrogens is 548 g/mol. The molecule has 0 radical (unpaired) electrons. The van der Waals surface area contributed by atoms with Gasteiger partial charge in [-0.15, -0.1) is 0 Å². The highest BCUT2D eigenvalue weighted by molar-refractivity contribution is 5.96. The number of aliphatic hydroxyl groups excluding tert-OH is 1. The maximum absolute atomic E-state index is 12.6. The molecule has 0 saturated carbocycles. The first-order valence-corrected chi connectivity index (χ1v) is 14.6. The quantitative estimate of drug-likeness (QED) is 0.0675. The van der Waals surface area contributed by atoms with Gasteiger partial charge < -0.3 is 29.0 Å². The maximum atomic E-state index is 12.6. The number of ether oxygens (including phenoxy) is 2. The lowest BCUT2D eigenvalue weighted by molar-refractivity contribution is -0.124. The van der Waals surface area contributed by atoms with Crippen molar-refractivity contribution in [3.05, 3.63) is 95.0 Å². The number of hydrogen-bond acceptors (Lipinski definition) is 8. The van der Waals surface area contributed by atoms with Crippen molar-refractivity contribution in [2.24, 2.45) is 5.92 Å². The summed E-state index contributed by atoms with van der Waals surface area (Å²) in [6.45, 7) is 7.93. The summed E-state index contributed by atoms with van der Waals surface area (Å²) < 4.78 is 16.3. The molecule has 2 heterocycles. The molecular formula is C34H44N2O7. The largest absolute Gasteiger partial charge is 0.507 e. The van der Waals surface area contributed by atoms with Crippen LogP contribution in [0.15, 0.2) is 71.1 Å². The summed E-state index contributed by atoms with van der Waals surface area (Å²) in [4.78, 5) is 30.8. The summed E-state index contributed by atoms with van der Waals surface area (Å²) in [6, 6.07) is 3.35. The van der Waals surface area contributed by atoms with Crippen molar-refractivity contribution in [2.45, 2.75) is 71.5 Å². The minimum absolute atomic E-state index is 0.0353. The van der Waals surface area contributed by atoms with Gasteiger partial charge in [0.2, 0.25) is 5.91 Å². The fraction of sp³-hybridized carbons (Fsp3) is 0.441. The number of rotatable bonds is 14. The number of esters is 1. The van der Waals surface area contributed by atoms with E-state index in [2.05, 4.69) is 23.2 Å². The zero-order chi connectivity index (χ0) is 31.5. The lowest BCUT2D eigenvalue weighted by atomic mass is 9.86. The number of carbonyl (C=O) groups excluding carboxylic acids is 2. The molecule has 1 aromatic heterocycles. The van der Waals surface area contributed by atoms with Gasteiger partial charge in [0.25, 0.3) is 0 Å². The Hall–Kier alpha value is -4.11. The highest BCUT2D eigenvalue weighted by Gasteiger charge is 2.39. The summed E-state index contributed by atoms with van der Waals surface area (Å²) in [5, 5.41) is 21.2. The molecule has 1 aromatic carbocycles. The number of carbonyl (C=O) groups is 2. The molecule has 0 aliphatic carbocycles. The van der Waals surface area contributed by atoms with Crippen LogP contribution in [0.25, 0.3) is 0 Å². The van der Waals surface area contributed by atoms with E-state index in [9.17, 15) is 19.8 Å². The van der Waals surface area contributed by atoms with Crippen molar-refractivity contribution in [1.29, 1.82) is 0 Å². The van der Waals surface area contributed by atoms with E-state index in [4.69, 9.17) is 13.9 Å². The minimum atomic E-state index is -1.04. The van der Waals surface area contributed by atoms with Crippen molar-refractivity contribution in [2.75, 3.05) is 20.7 Å². The number of aryl methyl sites for hydroxylation is 1. The maximum Gasteiger partial charge on any atom is 0.342 e. The average Bonchev–Trinajstić information content (AvgIpc) is 3.45. The molecule has 9 nitrogen and oxygen atoms in total. The minimum Gasteiger partial charge on any atom is -0.507 e. The van der Waals surface area contributed by atoms with Crippen LogP contribution in [0.3, 0.4) is 0 Å². The second-order valence-corrected chi connectivity index (χ2v) is 11.1. The first-order valence-electron chi connectivity index (χ1n) is 14.6. The normalized spacial score (nSPS) is 18.7. The number of allylic oxidation sites excluding steroid dienone is 6. The highest BCUT2D eigenvalue weighted by atomic mass is 16.6. The number of cyclic esters (lactones) is 1. The number of nitrogens with zero attached hydrogens (tertiary/aromatic N) is 2. The molecule has 1 aliphatic heterocycles. The van der Waals surface area contributed by atoms with E-state index in [1.54, 1.807) is 51.3 Å². The molecule has 43 heavy (non-hydrogen) atoms. The number of oxazole rings is 1. The van der Waals surface area contributed by atoms with Crippen molar-refractivity contribution >= 4 is 11.9 Å². The number of aromatic hydroxyl groups is 1. The molecule has 4 unspecified atom stereocenters. The molecule has 232 valence electrons. The van der Waals surface area contributed by atoms with Gasteiger partial charge in [0.1, 0.15) is 29.8 Å². The number of unbranched alkanes of at least 4 members (excludes halogenated alkanes) is 1. The molecule has 2 N–H and O–H groups in total. The summed E-state index contributed by atoms with van der Waals surface area (Å²) >= 11 is 0. The van der Waals surface area contributed by atoms with Crippen LogP contribution in [-0.4, -0.2) is 58.8 Å². The van der Waals surface area contributed by atoms with Crippen molar-refractivity contribution < 1.29 is 33.7 Å². The van der Waals surface area contributed by atoms with E-state index >= 15 is 0 Å². The molecule has 4 atom stereocenters. The Morgan fingerprint density at radius 3 is 2.63 bits per heavy atom. The number of phenolic OH excluding ortho intramolecular Hbond substituents is 1. The first kappa shape index (κ1) is 33.4. The van der Waals surface area contributed by atoms with Crippen molar-refractivity contribution in [3.63, 3.8) is 0 Å². The number of aromatic nitrogens is 1. The molecule has 1 amide bonds. The number of methoxy groups -OCH3 is 1. The first-order chi connectivity index (χ1) is 20.5. The fourth-order valence-electron chi connectivity index (χ4n) is 4.72. The summed E-state index contributed by atoms with van der Waals surface area (Å²) in [5.74, 6) is 0.192. The van der Waals surface area contributed by atoms with Gasteiger partial charge >= 0.3 is 5.97 Å². The van der Waals surface area contributed by atoms with Gasteiger partial charge in [0, 0.05) is 37.1 Å². The monoisotopic (exact) mass is 592 g/mol. The number of aliphatic hydroxyl groups is 1. The van der Waals surface area contributed by atoms with Gasteiger partial charge in [-0.1, -0.05) is 62.4 Å². The highest BCUT2D eigenvalue weighted by Crippen LogP contribution is 2.39. The number of phenols is 1. The van der Waals surface area contributed by atoms with Gasteiger partial charge in [-0.3, -0.25) is 4.79 Å². The molecule has 0 saturated heterocycles. The predicted octanol–water partition coefficient (Wildman–Crippen LogP) is 6.09. The third-order valence-electron chi connectivity index (χ3n) is 7.52. The van der Waals surface area contributed by atoms with Crippen LogP contribution in [0.5, 0.6) is 5.75 Å². The molecule has 9 heteroatoms. The van der Waals surface area contributed by atoms with Gasteiger partial charge in [0.05, 0.1) is 18.6 Å². The SMILES string of the molecule is COC(C)=CC(=O)N(C)CC=CCCC=CC=CCC(C)c1nc(CC(C)C2OC(=O)c3c(ccc(C)c3O)C2O)co1. The van der Waals surface area contributed by atoms with E-state index in [-0.39, 0.29) is 29.1 Å². The zero-order valence-corrected chi connectivity index (χ0v) is 25.9. The summed E-state index contributed by atoms with van der Waals surface area (Å²) in [5.41, 5.74) is 1.69. The summed E-state index contributed by atoms with van der Waals surface area (Å²) in [7, 11) is 3.30. The van der Waals surface area contributed by atoms with Gasteiger partial charge in [-0.05, 0) is 45.1 Å². The average molecular weight is 593 g/mol. The topological polar surface area (TPSA) is 122 Å². The van der Waals surface area contributed by atoms with Gasteiger partial charge in [0.15, 0.2) is 5.89 Å². The molecule has 3 rings (SSSR count). The van der Waals surface area contributed by atoms with Gasteiger partial charge in [-0.25, -0.2) is 9.78 Å². The Morgan fingerprint density at radius 1 is 1.16 bits per heavy atom. The molecule has 0 spiro atoms. The Labute approximate surface area is 254 Å². The smallest absolute Gasteiger partial charge is 0.342 e. The number of benzene rings is 1. The third-order valence-corrected chi connectivity index (χ3v) is 7.52. The number of fused-ring (bicyclic) bond motifs is 1. The van der Waals surface area contributed by atoms with Crippen molar-refractivity contribution in [3.8, 4) is 5.75 Å². The standard InChI is InChI=1S/C34H44N2O7/c1-22-16-17-27-29(30(22)38)34(40)43-32(31(27)39)24(3)19-26-21-42-33(35-26)23(2)15-13-11-9-7-8-10-12-14-18-36(5)28(37)20-25(4)41-6/h7,9,11-14,16-17,20-21,23-24,31-32,38-39H,8,10,15,18-19H2,1-6H3. The van der Waals surface area contributed by atoms with E-state index in [1.807, 2.05) is 32.1 Å². The van der Waals surface area contributed by atoms with E-state index in [0.29, 0.717) is 35.7 Å². The lowest BCUT2D eigenvalue weighted by Crippen LogP contribution is -2.37. The van der Waals surface area contributed by atoms with Crippen molar-refractivity contribution in [1.82, 2.24) is 9.88 Å². The van der Waals surface area contributed by atoms with Gasteiger partial charge in [-0.2, -0.15) is 0 Å². The second kappa shape index (κ2) is 15.9. The Kier molecular flexibility index (Phi) is 12.4. The van der Waals surface area contributed by atoms with E-state index < -0.39 is 18.2 Å². The Morgan fingerprint density at radius 2 is 1.88 bits per heavy atom. The van der Waals surface area contributed by atoms with E-state index in [0.717, 1.165) is 25.0 Å². The molecule has 2 aromatic rings. The fourth-order valence-corrected chi connectivity index (χ4v) is 4.72. The van der Waals surface area contributed by atoms with Crippen LogP contribution in [0.4, 0.5) is 0 Å². The molecule has 0 fully saturated rings. The van der Waals surface area contributed by atoms with Crippen LogP contribution in [-0.2, 0) is 20.7 Å². The molecule has 1 aliphatic rings.